The van der Waals surface area contributed by atoms with Gasteiger partial charge in [-0.25, -0.2) is 0 Å². The Balaban J connectivity index is 2.45. The maximum atomic E-state index is 11.6. The average molecular weight is 273 g/mol. The van der Waals surface area contributed by atoms with Gasteiger partial charge in [-0.15, -0.1) is 0 Å². The molecule has 1 rings (SSSR count). The van der Waals surface area contributed by atoms with E-state index < -0.39 is 0 Å². The van der Waals surface area contributed by atoms with Crippen molar-refractivity contribution in [3.8, 4) is 11.8 Å². The standard InChI is InChI=1S/C16H23N3O/c1-3-11-18-16(20)13-19(2)12-15-8-6-14(7-9-15)5-4-10-17/h6-9H,3,10-13,17H2,1-2H3,(H,18,20). The molecule has 0 saturated carbocycles. The molecular formula is C16H23N3O. The molecule has 0 unspecified atom stereocenters. The molecule has 0 aliphatic carbocycles. The van der Waals surface area contributed by atoms with Crippen LogP contribution in [0.25, 0.3) is 0 Å². The summed E-state index contributed by atoms with van der Waals surface area (Å²) in [7, 11) is 1.94. The zero-order chi connectivity index (χ0) is 14.8. The van der Waals surface area contributed by atoms with Gasteiger partial charge >= 0.3 is 0 Å². The van der Waals surface area contributed by atoms with Crippen LogP contribution >= 0.6 is 0 Å². The summed E-state index contributed by atoms with van der Waals surface area (Å²) in [5.41, 5.74) is 7.46. The lowest BCUT2D eigenvalue weighted by molar-refractivity contribution is -0.122. The lowest BCUT2D eigenvalue weighted by atomic mass is 10.1. The third-order valence-corrected chi connectivity index (χ3v) is 2.73. The second kappa shape index (κ2) is 9.13. The van der Waals surface area contributed by atoms with Gasteiger partial charge in [0.2, 0.25) is 5.91 Å². The summed E-state index contributed by atoms with van der Waals surface area (Å²) in [6.45, 7) is 4.30. The molecule has 1 aromatic rings. The molecule has 0 spiro atoms. The quantitative estimate of drug-likeness (QED) is 0.759. The van der Waals surface area contributed by atoms with Gasteiger partial charge in [0.25, 0.3) is 0 Å². The van der Waals surface area contributed by atoms with Crippen molar-refractivity contribution < 1.29 is 4.79 Å². The van der Waals surface area contributed by atoms with Gasteiger partial charge in [-0.3, -0.25) is 9.69 Å². The normalized spacial score (nSPS) is 10.0. The maximum Gasteiger partial charge on any atom is 0.234 e. The number of nitrogens with two attached hydrogens (primary N) is 1. The van der Waals surface area contributed by atoms with Crippen molar-refractivity contribution in [2.75, 3.05) is 26.7 Å². The van der Waals surface area contributed by atoms with E-state index in [-0.39, 0.29) is 5.91 Å². The van der Waals surface area contributed by atoms with Crippen molar-refractivity contribution in [1.82, 2.24) is 10.2 Å². The Kier molecular flexibility index (Phi) is 7.41. The Morgan fingerprint density at radius 2 is 2.05 bits per heavy atom. The highest BCUT2D eigenvalue weighted by Crippen LogP contribution is 2.05. The monoisotopic (exact) mass is 273 g/mol. The summed E-state index contributed by atoms with van der Waals surface area (Å²) in [5, 5.41) is 2.87. The lowest BCUT2D eigenvalue weighted by Gasteiger charge is -2.16. The predicted octanol–water partition coefficient (Wildman–Crippen LogP) is 0.955. The number of carbonyl (C=O) groups is 1. The number of amides is 1. The van der Waals surface area contributed by atoms with Crippen LogP contribution in [0.3, 0.4) is 0 Å². The first-order valence-electron chi connectivity index (χ1n) is 6.88. The second-order valence-electron chi connectivity index (χ2n) is 4.73. The van der Waals surface area contributed by atoms with Crippen LogP contribution in [0.4, 0.5) is 0 Å². The van der Waals surface area contributed by atoms with Gasteiger partial charge in [0.15, 0.2) is 0 Å². The van der Waals surface area contributed by atoms with E-state index in [9.17, 15) is 4.79 Å². The van der Waals surface area contributed by atoms with Gasteiger partial charge in [0, 0.05) is 18.7 Å². The van der Waals surface area contributed by atoms with Gasteiger partial charge in [-0.2, -0.15) is 0 Å². The van der Waals surface area contributed by atoms with E-state index >= 15 is 0 Å². The van der Waals surface area contributed by atoms with Crippen molar-refractivity contribution in [3.63, 3.8) is 0 Å². The summed E-state index contributed by atoms with van der Waals surface area (Å²) in [6.07, 6.45) is 0.959. The number of likely N-dealkylation sites (N-methyl/N-ethyl adjacent to an activating group) is 1. The zero-order valence-corrected chi connectivity index (χ0v) is 12.3. The first-order chi connectivity index (χ1) is 9.65. The van der Waals surface area contributed by atoms with E-state index in [2.05, 4.69) is 17.2 Å². The zero-order valence-electron chi connectivity index (χ0n) is 12.3. The number of nitrogens with one attached hydrogen (secondary N) is 1. The second-order valence-corrected chi connectivity index (χ2v) is 4.73. The highest BCUT2D eigenvalue weighted by molar-refractivity contribution is 5.77. The van der Waals surface area contributed by atoms with Crippen LogP contribution in [0.1, 0.15) is 24.5 Å². The van der Waals surface area contributed by atoms with E-state index in [4.69, 9.17) is 5.73 Å². The highest BCUT2D eigenvalue weighted by Gasteiger charge is 2.06. The van der Waals surface area contributed by atoms with Gasteiger partial charge < -0.3 is 11.1 Å². The van der Waals surface area contributed by atoms with Crippen LogP contribution in [0.2, 0.25) is 0 Å². The third-order valence-electron chi connectivity index (χ3n) is 2.73. The first-order valence-corrected chi connectivity index (χ1v) is 6.88. The predicted molar refractivity (Wildman–Crippen MR) is 82.0 cm³/mol. The number of rotatable bonds is 6. The molecule has 0 aliphatic heterocycles. The average Bonchev–Trinajstić information content (AvgIpc) is 2.44. The van der Waals surface area contributed by atoms with Crippen molar-refractivity contribution in [1.29, 1.82) is 0 Å². The van der Waals surface area contributed by atoms with Crippen molar-refractivity contribution >= 4 is 5.91 Å². The fourth-order valence-electron chi connectivity index (χ4n) is 1.78. The smallest absolute Gasteiger partial charge is 0.234 e. The molecule has 4 heteroatoms. The highest BCUT2D eigenvalue weighted by atomic mass is 16.2. The minimum atomic E-state index is 0.0692. The van der Waals surface area contributed by atoms with Gasteiger partial charge in [-0.1, -0.05) is 30.9 Å². The summed E-state index contributed by atoms with van der Waals surface area (Å²) in [4.78, 5) is 13.6. The van der Waals surface area contributed by atoms with Crippen LogP contribution in [-0.2, 0) is 11.3 Å². The molecule has 1 amide bonds. The number of carbonyl (C=O) groups excluding carboxylic acids is 1. The number of hydrogen-bond donors (Lipinski definition) is 2. The van der Waals surface area contributed by atoms with E-state index in [0.29, 0.717) is 13.1 Å². The third kappa shape index (κ3) is 6.37. The van der Waals surface area contributed by atoms with E-state index in [0.717, 1.165) is 30.6 Å². The van der Waals surface area contributed by atoms with E-state index in [1.54, 1.807) is 0 Å². The summed E-state index contributed by atoms with van der Waals surface area (Å²) in [6, 6.07) is 8.01. The maximum absolute atomic E-state index is 11.6. The SMILES string of the molecule is CCCNC(=O)CN(C)Cc1ccc(C#CCN)cc1. The Hall–Kier alpha value is -1.83. The number of benzene rings is 1. The molecule has 0 aliphatic rings. The fourth-order valence-corrected chi connectivity index (χ4v) is 1.78. The molecule has 3 N–H and O–H groups in total. The van der Waals surface area contributed by atoms with E-state index in [1.165, 1.54) is 0 Å². The molecule has 108 valence electrons. The minimum absolute atomic E-state index is 0.0692. The molecule has 0 fully saturated rings. The molecule has 0 heterocycles. The largest absolute Gasteiger partial charge is 0.355 e. The van der Waals surface area contributed by atoms with Crippen LogP contribution in [-0.4, -0.2) is 37.5 Å². The first kappa shape index (κ1) is 16.2. The van der Waals surface area contributed by atoms with Gasteiger partial charge in [0.1, 0.15) is 0 Å². The van der Waals surface area contributed by atoms with Crippen LogP contribution < -0.4 is 11.1 Å². The van der Waals surface area contributed by atoms with Gasteiger partial charge in [-0.05, 0) is 31.2 Å². The lowest BCUT2D eigenvalue weighted by Crippen LogP contribution is -2.35. The Labute approximate surface area is 121 Å². The summed E-state index contributed by atoms with van der Waals surface area (Å²) in [5.74, 6) is 5.88. The topological polar surface area (TPSA) is 58.4 Å². The summed E-state index contributed by atoms with van der Waals surface area (Å²) < 4.78 is 0. The van der Waals surface area contributed by atoms with Crippen molar-refractivity contribution in [3.05, 3.63) is 35.4 Å². The minimum Gasteiger partial charge on any atom is -0.355 e. The Morgan fingerprint density at radius 1 is 1.35 bits per heavy atom. The Bertz CT molecular complexity index is 471. The fraction of sp³-hybridized carbons (Fsp3) is 0.438. The van der Waals surface area contributed by atoms with Crippen LogP contribution in [0, 0.1) is 11.8 Å². The molecule has 0 atom stereocenters. The molecule has 0 bridgehead atoms. The van der Waals surface area contributed by atoms with Crippen LogP contribution in [0.5, 0.6) is 0 Å². The summed E-state index contributed by atoms with van der Waals surface area (Å²) >= 11 is 0. The molecule has 0 aromatic heterocycles. The number of nitrogens with zero attached hydrogens (tertiary/aromatic N) is 1. The van der Waals surface area contributed by atoms with E-state index in [1.807, 2.05) is 43.1 Å². The van der Waals surface area contributed by atoms with Crippen LogP contribution in [0.15, 0.2) is 24.3 Å². The molecule has 20 heavy (non-hydrogen) atoms. The van der Waals surface area contributed by atoms with Crippen molar-refractivity contribution in [2.24, 2.45) is 5.73 Å². The van der Waals surface area contributed by atoms with Crippen molar-refractivity contribution in [2.45, 2.75) is 19.9 Å². The Morgan fingerprint density at radius 3 is 2.65 bits per heavy atom. The number of hydrogen-bond acceptors (Lipinski definition) is 3. The van der Waals surface area contributed by atoms with Gasteiger partial charge in [0.05, 0.1) is 13.1 Å². The molecule has 4 nitrogen and oxygen atoms in total. The molecule has 0 saturated heterocycles. The molecule has 1 aromatic carbocycles. The molecular weight excluding hydrogens is 250 g/mol. The molecule has 0 radical (unpaired) electrons.